The number of methoxy groups -OCH3 is 1. The van der Waals surface area contributed by atoms with E-state index in [2.05, 4.69) is 65.5 Å². The molecule has 0 bridgehead atoms. The van der Waals surface area contributed by atoms with Crippen molar-refractivity contribution in [3.63, 3.8) is 0 Å². The van der Waals surface area contributed by atoms with Gasteiger partial charge in [0, 0.05) is 29.0 Å². The Hall–Kier alpha value is -3.53. The van der Waals surface area contributed by atoms with Crippen molar-refractivity contribution in [1.29, 1.82) is 0 Å². The number of ether oxygens (including phenoxy) is 1. The summed E-state index contributed by atoms with van der Waals surface area (Å²) >= 11 is 0. The Kier molecular flexibility index (Phi) is 3.50. The average molecular weight is 353 g/mol. The van der Waals surface area contributed by atoms with Gasteiger partial charge in [-0.3, -0.25) is 0 Å². The van der Waals surface area contributed by atoms with E-state index in [1.54, 1.807) is 7.11 Å². The van der Waals surface area contributed by atoms with Crippen LogP contribution in [0.1, 0.15) is 0 Å². The summed E-state index contributed by atoms with van der Waals surface area (Å²) in [6, 6.07) is 24.8. The van der Waals surface area contributed by atoms with Gasteiger partial charge in [0.05, 0.1) is 23.7 Å². The van der Waals surface area contributed by atoms with E-state index in [9.17, 15) is 0 Å². The standard InChI is InChI=1S/C23H19N3O/c1-26(15-11-13-16(27-2)14-12-15)22-18-8-4-6-10-20(18)25-23-21(22)17-7-3-5-9-19(17)24-23/h3-14H,1-2H3,(H,24,25). The van der Waals surface area contributed by atoms with Crippen LogP contribution in [0.25, 0.3) is 32.8 Å². The number of pyridine rings is 1. The highest BCUT2D eigenvalue weighted by Crippen LogP contribution is 2.40. The second kappa shape index (κ2) is 6.02. The molecular weight excluding hydrogens is 334 g/mol. The lowest BCUT2D eigenvalue weighted by molar-refractivity contribution is 0.415. The van der Waals surface area contributed by atoms with Crippen LogP contribution in [0.15, 0.2) is 72.8 Å². The SMILES string of the molecule is COc1ccc(N(C)c2c3ccccc3nc3[nH]c4ccccc4c23)cc1. The van der Waals surface area contributed by atoms with Gasteiger partial charge < -0.3 is 14.6 Å². The molecule has 0 unspecified atom stereocenters. The topological polar surface area (TPSA) is 41.1 Å². The highest BCUT2D eigenvalue weighted by atomic mass is 16.5. The number of anilines is 2. The van der Waals surface area contributed by atoms with Crippen LogP contribution in [0, 0.1) is 0 Å². The first-order valence-corrected chi connectivity index (χ1v) is 8.93. The number of hydrogen-bond acceptors (Lipinski definition) is 3. The summed E-state index contributed by atoms with van der Waals surface area (Å²) < 4.78 is 5.31. The van der Waals surface area contributed by atoms with Gasteiger partial charge in [-0.25, -0.2) is 4.98 Å². The van der Waals surface area contributed by atoms with E-state index in [1.807, 2.05) is 24.3 Å². The molecule has 1 N–H and O–H groups in total. The molecule has 0 saturated carbocycles. The van der Waals surface area contributed by atoms with Crippen molar-refractivity contribution < 1.29 is 4.74 Å². The minimum Gasteiger partial charge on any atom is -0.497 e. The minimum atomic E-state index is 0.851. The van der Waals surface area contributed by atoms with Crippen molar-refractivity contribution >= 4 is 44.2 Å². The Morgan fingerprint density at radius 3 is 2.33 bits per heavy atom. The fraction of sp³-hybridized carbons (Fsp3) is 0.0870. The Labute approximate surface area is 157 Å². The van der Waals surface area contributed by atoms with Gasteiger partial charge in [0.25, 0.3) is 0 Å². The average Bonchev–Trinajstić information content (AvgIpc) is 3.09. The quantitative estimate of drug-likeness (QED) is 0.456. The second-order valence-electron chi connectivity index (χ2n) is 6.63. The molecule has 5 rings (SSSR count). The summed E-state index contributed by atoms with van der Waals surface area (Å²) in [5, 5.41) is 3.46. The molecule has 4 heteroatoms. The fourth-order valence-electron chi connectivity index (χ4n) is 3.76. The van der Waals surface area contributed by atoms with E-state index in [1.165, 1.54) is 5.39 Å². The predicted molar refractivity (Wildman–Crippen MR) is 112 cm³/mol. The molecule has 27 heavy (non-hydrogen) atoms. The molecule has 0 atom stereocenters. The van der Waals surface area contributed by atoms with E-state index < -0.39 is 0 Å². The van der Waals surface area contributed by atoms with Crippen molar-refractivity contribution in [2.75, 3.05) is 19.1 Å². The zero-order valence-corrected chi connectivity index (χ0v) is 15.2. The molecule has 2 aromatic heterocycles. The van der Waals surface area contributed by atoms with Crippen molar-refractivity contribution in [2.45, 2.75) is 0 Å². The smallest absolute Gasteiger partial charge is 0.141 e. The number of benzene rings is 3. The lowest BCUT2D eigenvalue weighted by atomic mass is 10.1. The number of aromatic nitrogens is 2. The first-order valence-electron chi connectivity index (χ1n) is 8.93. The number of nitrogens with zero attached hydrogens (tertiary/aromatic N) is 2. The summed E-state index contributed by atoms with van der Waals surface area (Å²) in [6.45, 7) is 0. The Bertz CT molecular complexity index is 1270. The van der Waals surface area contributed by atoms with Crippen LogP contribution in [0.5, 0.6) is 5.75 Å². The van der Waals surface area contributed by atoms with Crippen LogP contribution in [0.3, 0.4) is 0 Å². The van der Waals surface area contributed by atoms with Gasteiger partial charge in [0.15, 0.2) is 0 Å². The molecule has 3 aromatic carbocycles. The molecule has 0 fully saturated rings. The maximum atomic E-state index is 5.31. The van der Waals surface area contributed by atoms with Gasteiger partial charge in [-0.15, -0.1) is 0 Å². The molecule has 4 nitrogen and oxygen atoms in total. The van der Waals surface area contributed by atoms with Gasteiger partial charge in [-0.2, -0.15) is 0 Å². The van der Waals surface area contributed by atoms with Crippen LogP contribution < -0.4 is 9.64 Å². The minimum absolute atomic E-state index is 0.851. The largest absolute Gasteiger partial charge is 0.497 e. The summed E-state index contributed by atoms with van der Waals surface area (Å²) in [7, 11) is 3.79. The molecule has 0 spiro atoms. The summed E-state index contributed by atoms with van der Waals surface area (Å²) in [6.07, 6.45) is 0. The molecule has 0 aliphatic rings. The molecule has 2 heterocycles. The van der Waals surface area contributed by atoms with E-state index in [0.29, 0.717) is 0 Å². The Morgan fingerprint density at radius 2 is 1.56 bits per heavy atom. The second-order valence-corrected chi connectivity index (χ2v) is 6.63. The zero-order chi connectivity index (χ0) is 18.4. The van der Waals surface area contributed by atoms with Crippen LogP contribution in [-0.4, -0.2) is 24.1 Å². The maximum absolute atomic E-state index is 5.31. The number of nitrogens with one attached hydrogen (secondary N) is 1. The van der Waals surface area contributed by atoms with Gasteiger partial charge >= 0.3 is 0 Å². The number of fused-ring (bicyclic) bond motifs is 4. The van der Waals surface area contributed by atoms with Crippen molar-refractivity contribution in [3.05, 3.63) is 72.8 Å². The lowest BCUT2D eigenvalue weighted by Crippen LogP contribution is -2.10. The third kappa shape index (κ3) is 2.41. The first-order chi connectivity index (χ1) is 13.3. The van der Waals surface area contributed by atoms with Crippen LogP contribution in [0.2, 0.25) is 0 Å². The molecule has 0 radical (unpaired) electrons. The number of rotatable bonds is 3. The molecule has 0 aliphatic carbocycles. The van der Waals surface area contributed by atoms with E-state index in [4.69, 9.17) is 9.72 Å². The first kappa shape index (κ1) is 15.7. The van der Waals surface area contributed by atoms with Gasteiger partial charge in [-0.1, -0.05) is 36.4 Å². The monoisotopic (exact) mass is 353 g/mol. The molecule has 0 amide bonds. The number of para-hydroxylation sites is 2. The van der Waals surface area contributed by atoms with Gasteiger partial charge in [0.1, 0.15) is 11.4 Å². The molecule has 0 saturated heterocycles. The van der Waals surface area contributed by atoms with Crippen LogP contribution in [0.4, 0.5) is 11.4 Å². The number of aromatic amines is 1. The number of H-pyrrole nitrogens is 1. The summed E-state index contributed by atoms with van der Waals surface area (Å²) in [5.74, 6) is 0.851. The maximum Gasteiger partial charge on any atom is 0.141 e. The van der Waals surface area contributed by atoms with E-state index in [0.717, 1.165) is 44.6 Å². The zero-order valence-electron chi connectivity index (χ0n) is 15.2. The highest BCUT2D eigenvalue weighted by Gasteiger charge is 2.18. The molecule has 5 aromatic rings. The highest BCUT2D eigenvalue weighted by molar-refractivity contribution is 6.19. The predicted octanol–water partition coefficient (Wildman–Crippen LogP) is 5.65. The normalized spacial score (nSPS) is 11.3. The van der Waals surface area contributed by atoms with Gasteiger partial charge in [0.2, 0.25) is 0 Å². The van der Waals surface area contributed by atoms with Crippen LogP contribution >= 0.6 is 0 Å². The third-order valence-corrected chi connectivity index (χ3v) is 5.11. The lowest BCUT2D eigenvalue weighted by Gasteiger charge is -2.23. The van der Waals surface area contributed by atoms with Crippen molar-refractivity contribution in [3.8, 4) is 5.75 Å². The van der Waals surface area contributed by atoms with Crippen molar-refractivity contribution in [2.24, 2.45) is 0 Å². The Morgan fingerprint density at radius 1 is 0.852 bits per heavy atom. The summed E-state index contributed by atoms with van der Waals surface area (Å²) in [5.41, 5.74) is 5.23. The van der Waals surface area contributed by atoms with E-state index in [-0.39, 0.29) is 0 Å². The molecule has 132 valence electrons. The number of hydrogen-bond donors (Lipinski definition) is 1. The summed E-state index contributed by atoms with van der Waals surface area (Å²) in [4.78, 5) is 10.6. The third-order valence-electron chi connectivity index (χ3n) is 5.11. The fourth-order valence-corrected chi connectivity index (χ4v) is 3.76. The Balaban J connectivity index is 1.86. The molecule has 0 aliphatic heterocycles. The molecular formula is C23H19N3O. The van der Waals surface area contributed by atoms with Gasteiger partial charge in [-0.05, 0) is 36.4 Å². The van der Waals surface area contributed by atoms with Crippen molar-refractivity contribution in [1.82, 2.24) is 9.97 Å². The van der Waals surface area contributed by atoms with Crippen LogP contribution in [-0.2, 0) is 0 Å². The van der Waals surface area contributed by atoms with E-state index >= 15 is 0 Å².